The van der Waals surface area contributed by atoms with Gasteiger partial charge < -0.3 is 4.74 Å². The second kappa shape index (κ2) is 12.6. The van der Waals surface area contributed by atoms with Gasteiger partial charge in [-0.3, -0.25) is 19.1 Å². The summed E-state index contributed by atoms with van der Waals surface area (Å²) >= 11 is 0. The summed E-state index contributed by atoms with van der Waals surface area (Å²) in [6.45, 7) is 6.14. The topological polar surface area (TPSA) is 110 Å². The van der Waals surface area contributed by atoms with E-state index in [2.05, 4.69) is 9.71 Å². The van der Waals surface area contributed by atoms with Crippen molar-refractivity contribution in [2.75, 3.05) is 18.1 Å². The number of hydrogen-bond acceptors (Lipinski definition) is 5. The van der Waals surface area contributed by atoms with Gasteiger partial charge in [0.2, 0.25) is 10.0 Å². The smallest absolute Gasteiger partial charge is 0.332 e. The summed E-state index contributed by atoms with van der Waals surface area (Å²) in [6.07, 6.45) is 6.28. The Balaban J connectivity index is 0.00000306. The van der Waals surface area contributed by atoms with Crippen molar-refractivity contribution in [2.45, 2.75) is 26.2 Å². The molecule has 0 aliphatic carbocycles. The average molecular weight is 516 g/mol. The van der Waals surface area contributed by atoms with Gasteiger partial charge in [0.1, 0.15) is 5.75 Å². The van der Waals surface area contributed by atoms with Crippen molar-refractivity contribution in [3.8, 4) is 11.4 Å². The van der Waals surface area contributed by atoms with Gasteiger partial charge in [-0.2, -0.15) is 0 Å². The van der Waals surface area contributed by atoms with E-state index in [9.17, 15) is 18.0 Å². The van der Waals surface area contributed by atoms with Crippen LogP contribution in [-0.4, -0.2) is 90.4 Å². The van der Waals surface area contributed by atoms with Crippen molar-refractivity contribution in [1.29, 1.82) is 0 Å². The fourth-order valence-corrected chi connectivity index (χ4v) is 3.93. The maximum Gasteiger partial charge on any atom is 0.332 e. The monoisotopic (exact) mass is 515 g/mol. The Bertz CT molecular complexity index is 1420. The number of hydrogen-bond donors (Lipinski definition) is 2. The molecule has 0 fully saturated rings. The molecule has 0 bridgehead atoms. The first kappa shape index (κ1) is 31.4. The fourth-order valence-electron chi connectivity index (χ4n) is 3.37. The Morgan fingerprint density at radius 1 is 1.00 bits per heavy atom. The summed E-state index contributed by atoms with van der Waals surface area (Å²) in [7, 11) is -1.75. The van der Waals surface area contributed by atoms with Crippen LogP contribution in [0.4, 0.5) is 5.69 Å². The number of H-pyrrole nitrogens is 1. The van der Waals surface area contributed by atoms with Crippen molar-refractivity contribution in [2.24, 2.45) is 0 Å². The predicted molar refractivity (Wildman–Crippen MR) is 143 cm³/mol. The minimum absolute atomic E-state index is 0. The Kier molecular flexibility index (Phi) is 11.3. The van der Waals surface area contributed by atoms with Gasteiger partial charge in [-0.05, 0) is 35.2 Å². The minimum atomic E-state index is -3.34. The number of benzene rings is 2. The van der Waals surface area contributed by atoms with Crippen molar-refractivity contribution < 1.29 is 13.2 Å². The summed E-state index contributed by atoms with van der Waals surface area (Å²) < 4.78 is 32.3. The molecule has 0 saturated carbocycles. The van der Waals surface area contributed by atoms with Crippen molar-refractivity contribution in [3.05, 3.63) is 86.2 Å². The molecule has 0 saturated heterocycles. The van der Waals surface area contributed by atoms with Gasteiger partial charge in [-0.25, -0.2) is 13.2 Å². The molecule has 3 aromatic rings. The second-order valence-corrected chi connectivity index (χ2v) is 10.4. The number of nitrogens with one attached hydrogen (secondary N) is 2. The van der Waals surface area contributed by atoms with Gasteiger partial charge in [-0.15, -0.1) is 0 Å². The van der Waals surface area contributed by atoms with Gasteiger partial charge in [0, 0.05) is 88.2 Å². The Labute approximate surface area is 249 Å². The van der Waals surface area contributed by atoms with E-state index in [1.807, 2.05) is 45.1 Å². The first-order chi connectivity index (χ1) is 15.4. The van der Waals surface area contributed by atoms with Crippen LogP contribution in [0.25, 0.3) is 17.8 Å². The molecule has 35 heavy (non-hydrogen) atoms. The van der Waals surface area contributed by atoms with Crippen molar-refractivity contribution in [1.82, 2.24) is 9.55 Å². The molecule has 0 amide bonds. The predicted octanol–water partition coefficient (Wildman–Crippen LogP) is 2.61. The summed E-state index contributed by atoms with van der Waals surface area (Å²) in [5.41, 5.74) is 2.28. The molecule has 3 rings (SSSR count). The molecule has 2 N–H and O–H groups in total. The van der Waals surface area contributed by atoms with Gasteiger partial charge in [0.05, 0.1) is 19.1 Å². The maximum absolute atomic E-state index is 12.4. The van der Waals surface area contributed by atoms with E-state index in [-0.39, 0.29) is 64.5 Å². The first-order valence-corrected chi connectivity index (χ1v) is 12.1. The maximum atomic E-state index is 12.4. The molecule has 1 heterocycles. The molecule has 176 valence electrons. The van der Waals surface area contributed by atoms with Crippen LogP contribution in [0.15, 0.2) is 58.3 Å². The summed E-state index contributed by atoms with van der Waals surface area (Å²) in [5.74, 6) is 0.676. The quantitative estimate of drug-likeness (QED) is 0.388. The molecular formula is C24H27N3Na2O5S. The summed E-state index contributed by atoms with van der Waals surface area (Å²) in [5, 5.41) is 0. The van der Waals surface area contributed by atoms with E-state index < -0.39 is 21.3 Å². The summed E-state index contributed by atoms with van der Waals surface area (Å²) in [6, 6.07) is 11.9. The number of anilines is 1. The van der Waals surface area contributed by atoms with Crippen LogP contribution in [0.1, 0.15) is 37.5 Å². The summed E-state index contributed by atoms with van der Waals surface area (Å²) in [4.78, 5) is 26.2. The average Bonchev–Trinajstić information content (AvgIpc) is 2.71. The van der Waals surface area contributed by atoms with Crippen molar-refractivity contribution in [3.63, 3.8) is 0 Å². The third-order valence-corrected chi connectivity index (χ3v) is 5.49. The van der Waals surface area contributed by atoms with Crippen LogP contribution in [0, 0.1) is 0 Å². The Hall–Kier alpha value is -1.59. The zero-order valence-corrected chi connectivity index (χ0v) is 26.0. The standard InChI is InChI=1S/C24H27N3O5S.2Na/c1-24(2,3)20-15-19(27-13-12-21(28)25-23(27)29)14-17(22(20)32-4)9-6-16-7-10-18(11-8-16)26-33(5,30)31;;/h6-15,26H,1-5H3,(H,25,28,29);;/b9-6+;;. The zero-order valence-electron chi connectivity index (χ0n) is 21.2. The molecule has 0 aliphatic heterocycles. The molecule has 11 heteroatoms. The number of aromatic amines is 1. The molecule has 1 aromatic heterocycles. The number of rotatable bonds is 6. The van der Waals surface area contributed by atoms with E-state index in [0.29, 0.717) is 17.1 Å². The molecule has 8 nitrogen and oxygen atoms in total. The van der Waals surface area contributed by atoms with E-state index in [1.54, 1.807) is 31.4 Å². The normalized spacial score (nSPS) is 11.5. The van der Waals surface area contributed by atoms with Crippen LogP contribution < -0.4 is 20.7 Å². The van der Waals surface area contributed by atoms with Crippen LogP contribution in [0.5, 0.6) is 5.75 Å². The van der Waals surface area contributed by atoms with Crippen LogP contribution in [0.2, 0.25) is 0 Å². The number of ether oxygens (including phenoxy) is 1. The number of methoxy groups -OCH3 is 1. The molecule has 0 unspecified atom stereocenters. The van der Waals surface area contributed by atoms with E-state index in [0.717, 1.165) is 22.9 Å². The van der Waals surface area contributed by atoms with Crippen LogP contribution >= 0.6 is 0 Å². The fraction of sp³-hybridized carbons (Fsp3) is 0.250. The van der Waals surface area contributed by atoms with Gasteiger partial charge in [0.15, 0.2) is 0 Å². The Morgan fingerprint density at radius 3 is 2.14 bits per heavy atom. The largest absolute Gasteiger partial charge is 0.496 e. The molecule has 0 atom stereocenters. The molecule has 0 aliphatic rings. The van der Waals surface area contributed by atoms with Crippen LogP contribution in [0.3, 0.4) is 0 Å². The van der Waals surface area contributed by atoms with E-state index >= 15 is 0 Å². The number of sulfonamides is 1. The third kappa shape index (κ3) is 8.49. The minimum Gasteiger partial charge on any atom is -0.496 e. The van der Waals surface area contributed by atoms with Gasteiger partial charge >= 0.3 is 5.69 Å². The third-order valence-electron chi connectivity index (χ3n) is 4.89. The SMILES string of the molecule is COc1c(/C=C/c2ccc(NS(C)(=O)=O)cc2)cc(-n2ccc(=O)[nH]c2=O)cc1C(C)(C)C.[Na].[Na]. The van der Waals surface area contributed by atoms with Gasteiger partial charge in [-0.1, -0.05) is 45.1 Å². The van der Waals surface area contributed by atoms with E-state index in [4.69, 9.17) is 4.74 Å². The van der Waals surface area contributed by atoms with Crippen molar-refractivity contribution >= 4 is 87.0 Å². The van der Waals surface area contributed by atoms with E-state index in [1.165, 1.54) is 16.8 Å². The number of aromatic nitrogens is 2. The number of nitrogens with zero attached hydrogens (tertiary/aromatic N) is 1. The molecule has 0 spiro atoms. The Morgan fingerprint density at radius 2 is 1.63 bits per heavy atom. The second-order valence-electron chi connectivity index (χ2n) is 8.68. The van der Waals surface area contributed by atoms with Gasteiger partial charge in [0.25, 0.3) is 5.56 Å². The zero-order chi connectivity index (χ0) is 24.4. The molecular weight excluding hydrogens is 488 g/mol. The van der Waals surface area contributed by atoms with Crippen LogP contribution in [-0.2, 0) is 15.4 Å². The molecule has 2 radical (unpaired) electrons. The first-order valence-electron chi connectivity index (χ1n) is 10.2. The molecule has 2 aromatic carbocycles.